The van der Waals surface area contributed by atoms with Gasteiger partial charge < -0.3 is 0 Å². The Morgan fingerprint density at radius 2 is 1.96 bits per heavy atom. The summed E-state index contributed by atoms with van der Waals surface area (Å²) in [5.74, 6) is 1.58. The lowest BCUT2D eigenvalue weighted by Crippen LogP contribution is -2.02. The number of hydrogen-bond acceptors (Lipinski definition) is 5. The van der Waals surface area contributed by atoms with Crippen LogP contribution in [0.15, 0.2) is 29.4 Å². The van der Waals surface area contributed by atoms with Gasteiger partial charge in [0.25, 0.3) is 0 Å². The molecule has 2 aromatic heterocycles. The number of nitrogens with one attached hydrogen (secondary N) is 1. The van der Waals surface area contributed by atoms with Crippen LogP contribution in [0.3, 0.4) is 0 Å². The predicted octanol–water partition coefficient (Wildman–Crippen LogP) is 4.98. The molecule has 0 radical (unpaired) electrons. The largest absolute Gasteiger partial charge is 0.261 e. The maximum Gasteiger partial charge on any atom is 0.158 e. The second-order valence-corrected chi connectivity index (χ2v) is 7.45. The van der Waals surface area contributed by atoms with Crippen molar-refractivity contribution in [1.29, 1.82) is 0 Å². The molecule has 4 rings (SSSR count). The fourth-order valence-electron chi connectivity index (χ4n) is 3.06. The van der Waals surface area contributed by atoms with Gasteiger partial charge in [0.1, 0.15) is 10.7 Å². The minimum Gasteiger partial charge on any atom is -0.261 e. The zero-order chi connectivity index (χ0) is 16.5. The molecule has 6 heteroatoms. The number of hydrazone groups is 1. The van der Waals surface area contributed by atoms with Gasteiger partial charge >= 0.3 is 0 Å². The Balaban J connectivity index is 1.68. The number of aryl methyl sites for hydroxylation is 3. The first-order valence-corrected chi connectivity index (χ1v) is 9.24. The molecule has 0 spiro atoms. The van der Waals surface area contributed by atoms with Crippen LogP contribution >= 0.6 is 22.9 Å². The first-order valence-electron chi connectivity index (χ1n) is 8.04. The topological polar surface area (TPSA) is 50.2 Å². The maximum atomic E-state index is 5.90. The SMILES string of the molecule is Cc1nc(N/N=C/c2ccc(Cl)cc2)c2c3c(sc2n1)CCCC3. The number of fused-ring (bicyclic) bond motifs is 3. The molecule has 24 heavy (non-hydrogen) atoms. The summed E-state index contributed by atoms with van der Waals surface area (Å²) < 4.78 is 0. The van der Waals surface area contributed by atoms with E-state index in [0.717, 1.165) is 45.3 Å². The van der Waals surface area contributed by atoms with Crippen molar-refractivity contribution in [2.75, 3.05) is 5.43 Å². The molecule has 1 aromatic carbocycles. The van der Waals surface area contributed by atoms with Crippen molar-refractivity contribution in [2.24, 2.45) is 5.10 Å². The number of benzene rings is 1. The molecule has 1 aliphatic rings. The number of hydrogen-bond donors (Lipinski definition) is 1. The van der Waals surface area contributed by atoms with Crippen LogP contribution < -0.4 is 5.43 Å². The van der Waals surface area contributed by atoms with Crippen molar-refractivity contribution in [3.63, 3.8) is 0 Å². The van der Waals surface area contributed by atoms with Gasteiger partial charge in [0, 0.05) is 9.90 Å². The van der Waals surface area contributed by atoms with E-state index in [4.69, 9.17) is 11.6 Å². The highest BCUT2D eigenvalue weighted by Gasteiger charge is 2.20. The van der Waals surface area contributed by atoms with Gasteiger partial charge in [0.05, 0.1) is 11.6 Å². The third-order valence-electron chi connectivity index (χ3n) is 4.18. The summed E-state index contributed by atoms with van der Waals surface area (Å²) in [6.07, 6.45) is 6.54. The van der Waals surface area contributed by atoms with Crippen LogP contribution in [0.25, 0.3) is 10.2 Å². The van der Waals surface area contributed by atoms with Crippen LogP contribution in [0.1, 0.15) is 34.7 Å². The number of aromatic nitrogens is 2. The van der Waals surface area contributed by atoms with E-state index in [0.29, 0.717) is 0 Å². The van der Waals surface area contributed by atoms with E-state index in [1.165, 1.54) is 23.3 Å². The van der Waals surface area contributed by atoms with Gasteiger partial charge in [-0.1, -0.05) is 23.7 Å². The zero-order valence-electron chi connectivity index (χ0n) is 13.3. The standard InChI is InChI=1S/C18H17ClN4S/c1-11-21-17(23-20-10-12-6-8-13(19)9-7-12)16-14-4-2-3-5-15(14)24-18(16)22-11/h6-10H,2-5H2,1H3,(H,21,22,23)/b20-10+. The molecule has 122 valence electrons. The average molecular weight is 357 g/mol. The lowest BCUT2D eigenvalue weighted by Gasteiger charge is -2.11. The van der Waals surface area contributed by atoms with Gasteiger partial charge in [-0.05, 0) is 55.9 Å². The maximum absolute atomic E-state index is 5.90. The molecule has 0 amide bonds. The van der Waals surface area contributed by atoms with Gasteiger partial charge in [-0.3, -0.25) is 5.43 Å². The molecule has 2 heterocycles. The fraction of sp³-hybridized carbons (Fsp3) is 0.278. The Morgan fingerprint density at radius 3 is 2.79 bits per heavy atom. The minimum absolute atomic E-state index is 0.721. The monoisotopic (exact) mass is 356 g/mol. The summed E-state index contributed by atoms with van der Waals surface area (Å²) in [7, 11) is 0. The van der Waals surface area contributed by atoms with E-state index >= 15 is 0 Å². The first kappa shape index (κ1) is 15.5. The Labute approximate surface area is 149 Å². The Hall–Kier alpha value is -1.98. The van der Waals surface area contributed by atoms with Crippen LogP contribution in [-0.2, 0) is 12.8 Å². The fourth-order valence-corrected chi connectivity index (χ4v) is 4.49. The Bertz CT molecular complexity index is 915. The molecule has 0 saturated carbocycles. The van der Waals surface area contributed by atoms with Crippen molar-refractivity contribution < 1.29 is 0 Å². The van der Waals surface area contributed by atoms with Gasteiger partial charge in [-0.25, -0.2) is 9.97 Å². The summed E-state index contributed by atoms with van der Waals surface area (Å²) >= 11 is 7.71. The molecular formula is C18H17ClN4S. The molecule has 0 unspecified atom stereocenters. The van der Waals surface area contributed by atoms with Crippen molar-refractivity contribution in [1.82, 2.24) is 9.97 Å². The molecule has 1 N–H and O–H groups in total. The summed E-state index contributed by atoms with van der Waals surface area (Å²) in [6.45, 7) is 1.92. The van der Waals surface area contributed by atoms with Crippen molar-refractivity contribution in [3.05, 3.63) is 51.1 Å². The summed E-state index contributed by atoms with van der Waals surface area (Å²) in [6, 6.07) is 7.57. The number of anilines is 1. The van der Waals surface area contributed by atoms with E-state index in [1.54, 1.807) is 17.6 Å². The normalized spacial score (nSPS) is 14.2. The number of nitrogens with zero attached hydrogens (tertiary/aromatic N) is 3. The number of rotatable bonds is 3. The highest BCUT2D eigenvalue weighted by atomic mass is 35.5. The minimum atomic E-state index is 0.721. The van der Waals surface area contributed by atoms with Crippen LogP contribution in [0.5, 0.6) is 0 Å². The van der Waals surface area contributed by atoms with Crippen LogP contribution in [-0.4, -0.2) is 16.2 Å². The second-order valence-electron chi connectivity index (χ2n) is 5.93. The second kappa shape index (κ2) is 6.49. The molecule has 0 aliphatic heterocycles. The van der Waals surface area contributed by atoms with Crippen molar-refractivity contribution >= 4 is 45.2 Å². The molecule has 0 fully saturated rings. The summed E-state index contributed by atoms with van der Waals surface area (Å²) in [4.78, 5) is 11.7. The average Bonchev–Trinajstić information content (AvgIpc) is 2.94. The van der Waals surface area contributed by atoms with Gasteiger partial charge in [0.2, 0.25) is 0 Å². The van der Waals surface area contributed by atoms with E-state index < -0.39 is 0 Å². The Morgan fingerprint density at radius 1 is 1.17 bits per heavy atom. The summed E-state index contributed by atoms with van der Waals surface area (Å²) in [5.41, 5.74) is 5.51. The molecule has 0 bridgehead atoms. The molecule has 1 aliphatic carbocycles. The molecule has 0 atom stereocenters. The highest BCUT2D eigenvalue weighted by Crippen LogP contribution is 2.38. The lowest BCUT2D eigenvalue weighted by molar-refractivity contribution is 0.700. The smallest absolute Gasteiger partial charge is 0.158 e. The number of halogens is 1. The third kappa shape index (κ3) is 3.01. The highest BCUT2D eigenvalue weighted by molar-refractivity contribution is 7.19. The van der Waals surface area contributed by atoms with Crippen molar-refractivity contribution in [2.45, 2.75) is 32.6 Å². The quantitative estimate of drug-likeness (QED) is 0.532. The first-order chi connectivity index (χ1) is 11.7. The van der Waals surface area contributed by atoms with Gasteiger partial charge in [-0.2, -0.15) is 5.10 Å². The molecular weight excluding hydrogens is 340 g/mol. The lowest BCUT2D eigenvalue weighted by atomic mass is 9.97. The third-order valence-corrected chi connectivity index (χ3v) is 5.62. The Kier molecular flexibility index (Phi) is 4.21. The number of thiophene rings is 1. The summed E-state index contributed by atoms with van der Waals surface area (Å²) in [5, 5.41) is 6.22. The van der Waals surface area contributed by atoms with Crippen LogP contribution in [0.2, 0.25) is 5.02 Å². The molecule has 3 aromatic rings. The van der Waals surface area contributed by atoms with E-state index in [1.807, 2.05) is 31.2 Å². The van der Waals surface area contributed by atoms with E-state index in [-0.39, 0.29) is 0 Å². The van der Waals surface area contributed by atoms with Crippen LogP contribution in [0, 0.1) is 6.92 Å². The molecule has 4 nitrogen and oxygen atoms in total. The van der Waals surface area contributed by atoms with Crippen LogP contribution in [0.4, 0.5) is 5.82 Å². The van der Waals surface area contributed by atoms with Gasteiger partial charge in [0.15, 0.2) is 5.82 Å². The predicted molar refractivity (Wildman–Crippen MR) is 101 cm³/mol. The van der Waals surface area contributed by atoms with E-state index in [2.05, 4.69) is 20.5 Å². The zero-order valence-corrected chi connectivity index (χ0v) is 14.9. The van der Waals surface area contributed by atoms with E-state index in [9.17, 15) is 0 Å². The van der Waals surface area contributed by atoms with Gasteiger partial charge in [-0.15, -0.1) is 11.3 Å². The van der Waals surface area contributed by atoms with Crippen molar-refractivity contribution in [3.8, 4) is 0 Å². The molecule has 0 saturated heterocycles.